The van der Waals surface area contributed by atoms with Gasteiger partial charge in [-0.05, 0) is 42.8 Å². The summed E-state index contributed by atoms with van der Waals surface area (Å²) in [5.41, 5.74) is 1.74. The van der Waals surface area contributed by atoms with Gasteiger partial charge in [-0.3, -0.25) is 14.6 Å². The molecule has 0 N–H and O–H groups in total. The average Bonchev–Trinajstić information content (AvgIpc) is 2.52. The van der Waals surface area contributed by atoms with Crippen molar-refractivity contribution >= 4 is 17.6 Å². The molecule has 0 aliphatic carbocycles. The molecule has 1 aromatic heterocycles. The van der Waals surface area contributed by atoms with Crippen LogP contribution in [0.3, 0.4) is 0 Å². The van der Waals surface area contributed by atoms with Crippen molar-refractivity contribution in [2.45, 2.75) is 20.0 Å². The van der Waals surface area contributed by atoms with E-state index in [0.29, 0.717) is 6.61 Å². The van der Waals surface area contributed by atoms with Crippen LogP contribution in [0, 0.1) is 0 Å². The zero-order valence-corrected chi connectivity index (χ0v) is 12.4. The summed E-state index contributed by atoms with van der Waals surface area (Å²) in [5.74, 6) is 0.411. The van der Waals surface area contributed by atoms with Gasteiger partial charge in [-0.25, -0.2) is 0 Å². The normalized spacial score (nSPS) is 10.6. The van der Waals surface area contributed by atoms with Crippen molar-refractivity contribution in [2.24, 2.45) is 0 Å². The maximum absolute atomic E-state index is 11.4. The molecule has 0 saturated carbocycles. The third-order valence-electron chi connectivity index (χ3n) is 2.88. The van der Waals surface area contributed by atoms with E-state index < -0.39 is 0 Å². The molecule has 0 amide bonds. The van der Waals surface area contributed by atoms with Crippen molar-refractivity contribution in [3.8, 4) is 5.75 Å². The molecule has 1 aromatic carbocycles. The summed E-state index contributed by atoms with van der Waals surface area (Å²) in [4.78, 5) is 26.4. The van der Waals surface area contributed by atoms with Gasteiger partial charge in [-0.2, -0.15) is 0 Å². The SMILES string of the molecule is CC(=O)CC(=O)C=Cc1ccc(OCc2ccccn2)cc1. The van der Waals surface area contributed by atoms with E-state index in [-0.39, 0.29) is 18.0 Å². The Bertz CT molecular complexity index is 660. The monoisotopic (exact) mass is 295 g/mol. The van der Waals surface area contributed by atoms with Crippen molar-refractivity contribution in [3.63, 3.8) is 0 Å². The summed E-state index contributed by atoms with van der Waals surface area (Å²) < 4.78 is 5.63. The van der Waals surface area contributed by atoms with Crippen LogP contribution >= 0.6 is 0 Å². The highest BCUT2D eigenvalue weighted by atomic mass is 16.5. The molecule has 112 valence electrons. The summed E-state index contributed by atoms with van der Waals surface area (Å²) in [7, 11) is 0. The van der Waals surface area contributed by atoms with Crippen molar-refractivity contribution < 1.29 is 14.3 Å². The van der Waals surface area contributed by atoms with Gasteiger partial charge in [0.2, 0.25) is 0 Å². The Kier molecular flexibility index (Phi) is 5.60. The lowest BCUT2D eigenvalue weighted by Gasteiger charge is -2.05. The Hall–Kier alpha value is -2.75. The topological polar surface area (TPSA) is 56.3 Å². The van der Waals surface area contributed by atoms with E-state index in [4.69, 9.17) is 4.74 Å². The molecule has 1 heterocycles. The molecule has 0 saturated heterocycles. The number of ketones is 2. The summed E-state index contributed by atoms with van der Waals surface area (Å²) in [6.07, 6.45) is 4.78. The lowest BCUT2D eigenvalue weighted by Crippen LogP contribution is -2.00. The van der Waals surface area contributed by atoms with Crippen molar-refractivity contribution in [1.82, 2.24) is 4.98 Å². The number of ether oxygens (including phenoxy) is 1. The number of carbonyl (C=O) groups is 2. The number of allylic oxidation sites excluding steroid dienone is 1. The predicted molar refractivity (Wildman–Crippen MR) is 84.4 cm³/mol. The molecule has 2 aromatic rings. The van der Waals surface area contributed by atoms with E-state index in [1.165, 1.54) is 13.0 Å². The number of hydrogen-bond donors (Lipinski definition) is 0. The number of hydrogen-bond acceptors (Lipinski definition) is 4. The van der Waals surface area contributed by atoms with Crippen LogP contribution in [0.15, 0.2) is 54.7 Å². The molecule has 0 aliphatic rings. The molecule has 0 atom stereocenters. The number of Topliss-reactive ketones (excluding diaryl/α,β-unsaturated/α-hetero) is 1. The van der Waals surface area contributed by atoms with Crippen LogP contribution in [0.5, 0.6) is 5.75 Å². The highest BCUT2D eigenvalue weighted by Crippen LogP contribution is 2.14. The summed E-state index contributed by atoms with van der Waals surface area (Å²) >= 11 is 0. The van der Waals surface area contributed by atoms with E-state index in [9.17, 15) is 9.59 Å². The summed E-state index contributed by atoms with van der Waals surface area (Å²) in [6.45, 7) is 1.81. The zero-order chi connectivity index (χ0) is 15.8. The molecule has 2 rings (SSSR count). The standard InChI is InChI=1S/C18H17NO3/c1-14(20)12-17(21)8-5-15-6-9-18(10-7-15)22-13-16-4-2-3-11-19-16/h2-11H,12-13H2,1H3. The maximum Gasteiger partial charge on any atom is 0.163 e. The second-order valence-electron chi connectivity index (χ2n) is 4.86. The van der Waals surface area contributed by atoms with Crippen LogP contribution < -0.4 is 4.74 Å². The van der Waals surface area contributed by atoms with Gasteiger partial charge < -0.3 is 4.74 Å². The van der Waals surface area contributed by atoms with Crippen LogP contribution in [-0.2, 0) is 16.2 Å². The molecule has 0 radical (unpaired) electrons. The highest BCUT2D eigenvalue weighted by Gasteiger charge is 2.01. The Morgan fingerprint density at radius 3 is 2.55 bits per heavy atom. The largest absolute Gasteiger partial charge is 0.487 e. The first-order chi connectivity index (χ1) is 10.6. The molecule has 0 spiro atoms. The van der Waals surface area contributed by atoms with Crippen molar-refractivity contribution in [2.75, 3.05) is 0 Å². The molecular formula is C18H17NO3. The van der Waals surface area contributed by atoms with Gasteiger partial charge in [0.1, 0.15) is 18.1 Å². The molecule has 0 unspecified atom stereocenters. The smallest absolute Gasteiger partial charge is 0.163 e. The minimum atomic E-state index is -0.192. The van der Waals surface area contributed by atoms with Gasteiger partial charge in [0, 0.05) is 6.20 Å². The number of pyridine rings is 1. The Morgan fingerprint density at radius 2 is 1.91 bits per heavy atom. The third-order valence-corrected chi connectivity index (χ3v) is 2.88. The fraction of sp³-hybridized carbons (Fsp3) is 0.167. The number of nitrogens with zero attached hydrogens (tertiary/aromatic N) is 1. The minimum Gasteiger partial charge on any atom is -0.487 e. The number of aromatic nitrogens is 1. The molecule has 0 bridgehead atoms. The van der Waals surface area contributed by atoms with Crippen LogP contribution in [0.4, 0.5) is 0 Å². The maximum atomic E-state index is 11.4. The summed E-state index contributed by atoms with van der Waals surface area (Å²) in [5, 5.41) is 0. The van der Waals surface area contributed by atoms with Gasteiger partial charge >= 0.3 is 0 Å². The van der Waals surface area contributed by atoms with E-state index >= 15 is 0 Å². The number of carbonyl (C=O) groups excluding carboxylic acids is 2. The van der Waals surface area contributed by atoms with Crippen molar-refractivity contribution in [3.05, 3.63) is 66.0 Å². The van der Waals surface area contributed by atoms with E-state index in [1.807, 2.05) is 42.5 Å². The Balaban J connectivity index is 1.89. The van der Waals surface area contributed by atoms with Gasteiger partial charge in [-0.15, -0.1) is 0 Å². The predicted octanol–water partition coefficient (Wildman–Crippen LogP) is 3.22. The first-order valence-electron chi connectivity index (χ1n) is 6.96. The first kappa shape index (κ1) is 15.6. The second kappa shape index (κ2) is 7.88. The number of benzene rings is 1. The van der Waals surface area contributed by atoms with Gasteiger partial charge in [0.25, 0.3) is 0 Å². The fourth-order valence-electron chi connectivity index (χ4n) is 1.81. The lowest BCUT2D eigenvalue weighted by atomic mass is 10.1. The Morgan fingerprint density at radius 1 is 1.14 bits per heavy atom. The molecule has 0 aliphatic heterocycles. The van der Waals surface area contributed by atoms with Crippen LogP contribution in [0.1, 0.15) is 24.6 Å². The van der Waals surface area contributed by atoms with Gasteiger partial charge in [0.05, 0.1) is 12.1 Å². The van der Waals surface area contributed by atoms with E-state index in [1.54, 1.807) is 12.3 Å². The van der Waals surface area contributed by atoms with E-state index in [0.717, 1.165) is 17.0 Å². The summed E-state index contributed by atoms with van der Waals surface area (Å²) in [6, 6.07) is 13.0. The highest BCUT2D eigenvalue weighted by molar-refractivity contribution is 6.05. The average molecular weight is 295 g/mol. The quantitative estimate of drug-likeness (QED) is 0.581. The lowest BCUT2D eigenvalue weighted by molar-refractivity contribution is -0.123. The second-order valence-corrected chi connectivity index (χ2v) is 4.86. The van der Waals surface area contributed by atoms with Crippen molar-refractivity contribution in [1.29, 1.82) is 0 Å². The van der Waals surface area contributed by atoms with Gasteiger partial charge in [0.15, 0.2) is 5.78 Å². The zero-order valence-electron chi connectivity index (χ0n) is 12.4. The minimum absolute atomic E-state index is 0.0538. The van der Waals surface area contributed by atoms with Gasteiger partial charge in [-0.1, -0.05) is 24.3 Å². The fourth-order valence-corrected chi connectivity index (χ4v) is 1.81. The number of rotatable bonds is 7. The third kappa shape index (κ3) is 5.32. The van der Waals surface area contributed by atoms with Crippen LogP contribution in [-0.4, -0.2) is 16.6 Å². The first-order valence-corrected chi connectivity index (χ1v) is 6.96. The van der Waals surface area contributed by atoms with Crippen LogP contribution in [0.25, 0.3) is 6.08 Å². The van der Waals surface area contributed by atoms with E-state index in [2.05, 4.69) is 4.98 Å². The Labute approximate surface area is 129 Å². The van der Waals surface area contributed by atoms with Crippen LogP contribution in [0.2, 0.25) is 0 Å². The molecule has 4 heteroatoms. The molecule has 22 heavy (non-hydrogen) atoms. The molecule has 4 nitrogen and oxygen atoms in total. The molecular weight excluding hydrogens is 278 g/mol. The molecule has 0 fully saturated rings.